The van der Waals surface area contributed by atoms with E-state index in [1.807, 2.05) is 29.1 Å². The van der Waals surface area contributed by atoms with Crippen LogP contribution in [0, 0.1) is 0 Å². The van der Waals surface area contributed by atoms with Crippen molar-refractivity contribution in [3.05, 3.63) is 24.5 Å². The third kappa shape index (κ3) is 2.43. The van der Waals surface area contributed by atoms with E-state index in [1.54, 1.807) is 0 Å². The molecule has 0 radical (unpaired) electrons. The van der Waals surface area contributed by atoms with Gasteiger partial charge in [-0.25, -0.2) is 5.84 Å². The lowest BCUT2D eigenvalue weighted by Crippen LogP contribution is -2.32. The zero-order valence-electron chi connectivity index (χ0n) is 6.18. The molecule has 60 valence electrons. The molecule has 1 aromatic heterocycles. The van der Waals surface area contributed by atoms with Gasteiger partial charge in [0.05, 0.1) is 6.54 Å². The highest BCUT2D eigenvalue weighted by Gasteiger charge is 1.92. The normalized spacial score (nSPS) is 9.55. The van der Waals surface area contributed by atoms with Gasteiger partial charge in [0.1, 0.15) is 0 Å². The summed E-state index contributed by atoms with van der Waals surface area (Å²) in [6, 6.07) is 3.86. The summed E-state index contributed by atoms with van der Waals surface area (Å²) >= 11 is 0. The Kier molecular flexibility index (Phi) is 2.68. The summed E-state index contributed by atoms with van der Waals surface area (Å²) < 4.78 is 1.96. The molecule has 11 heavy (non-hydrogen) atoms. The predicted molar refractivity (Wildman–Crippen MR) is 41.4 cm³/mol. The quantitative estimate of drug-likeness (QED) is 0.282. The van der Waals surface area contributed by atoms with Crippen LogP contribution in [0.2, 0.25) is 0 Å². The minimum absolute atomic E-state index is 0.540. The van der Waals surface area contributed by atoms with Crippen LogP contribution in [0.4, 0.5) is 0 Å². The Morgan fingerprint density at radius 3 is 2.64 bits per heavy atom. The summed E-state index contributed by atoms with van der Waals surface area (Å²) in [5, 5.41) is 1.12. The van der Waals surface area contributed by atoms with Crippen molar-refractivity contribution in [2.75, 3.05) is 6.54 Å². The Bertz CT molecular complexity index is 207. The number of hydrazine groups is 1. The molecule has 1 rings (SSSR count). The number of amides is 1. The van der Waals surface area contributed by atoms with E-state index in [0.717, 1.165) is 11.6 Å². The number of hydrogen-bond acceptors (Lipinski definition) is 2. The van der Waals surface area contributed by atoms with Gasteiger partial charge >= 0.3 is 0 Å². The Labute approximate surface area is 65.2 Å². The van der Waals surface area contributed by atoms with Gasteiger partial charge in [-0.15, -0.1) is 0 Å². The number of aromatic nitrogens is 1. The van der Waals surface area contributed by atoms with E-state index in [9.17, 15) is 4.79 Å². The zero-order chi connectivity index (χ0) is 8.10. The van der Waals surface area contributed by atoms with Crippen LogP contribution in [0.15, 0.2) is 24.5 Å². The van der Waals surface area contributed by atoms with E-state index >= 15 is 0 Å². The molecule has 0 aliphatic rings. The highest BCUT2D eigenvalue weighted by molar-refractivity contribution is 5.45. The maximum Gasteiger partial charge on any atom is 0.223 e. The fourth-order valence-corrected chi connectivity index (χ4v) is 0.803. The second-order valence-electron chi connectivity index (χ2n) is 2.26. The first-order valence-corrected chi connectivity index (χ1v) is 3.40. The van der Waals surface area contributed by atoms with Crippen molar-refractivity contribution in [1.29, 1.82) is 0 Å². The van der Waals surface area contributed by atoms with Crippen LogP contribution in [-0.4, -0.2) is 22.5 Å². The van der Waals surface area contributed by atoms with Gasteiger partial charge in [-0.05, 0) is 12.1 Å². The van der Waals surface area contributed by atoms with E-state index in [1.165, 1.54) is 0 Å². The topological polar surface area (TPSA) is 51.3 Å². The van der Waals surface area contributed by atoms with Crippen LogP contribution in [0.3, 0.4) is 0 Å². The van der Waals surface area contributed by atoms with Crippen LogP contribution in [0.25, 0.3) is 0 Å². The lowest BCUT2D eigenvalue weighted by atomic mass is 10.6. The van der Waals surface area contributed by atoms with Crippen molar-refractivity contribution in [3.63, 3.8) is 0 Å². The molecular weight excluding hydrogens is 142 g/mol. The van der Waals surface area contributed by atoms with Crippen molar-refractivity contribution in [1.82, 2.24) is 9.58 Å². The summed E-state index contributed by atoms with van der Waals surface area (Å²) in [5.74, 6) is 5.24. The van der Waals surface area contributed by atoms with Gasteiger partial charge in [0.25, 0.3) is 0 Å². The maximum atomic E-state index is 10.1. The molecule has 0 spiro atoms. The van der Waals surface area contributed by atoms with Gasteiger partial charge in [-0.1, -0.05) is 0 Å². The monoisotopic (exact) mass is 153 g/mol. The summed E-state index contributed by atoms with van der Waals surface area (Å²) in [7, 11) is 0. The number of nitrogens with two attached hydrogens (primary N) is 1. The smallest absolute Gasteiger partial charge is 0.223 e. The molecule has 1 amide bonds. The first-order chi connectivity index (χ1) is 5.33. The largest absolute Gasteiger partial charge is 0.352 e. The molecule has 0 saturated heterocycles. The minimum Gasteiger partial charge on any atom is -0.352 e. The summed E-state index contributed by atoms with van der Waals surface area (Å²) in [6.45, 7) is 1.28. The van der Waals surface area contributed by atoms with E-state index < -0.39 is 0 Å². The average molecular weight is 153 g/mol. The fourth-order valence-electron chi connectivity index (χ4n) is 0.803. The third-order valence-corrected chi connectivity index (χ3v) is 1.42. The van der Waals surface area contributed by atoms with Crippen molar-refractivity contribution in [2.24, 2.45) is 5.84 Å². The van der Waals surface area contributed by atoms with Crippen LogP contribution in [0.5, 0.6) is 0 Å². The molecule has 0 unspecified atom stereocenters. The molecule has 1 heterocycles. The van der Waals surface area contributed by atoms with E-state index in [0.29, 0.717) is 13.0 Å². The van der Waals surface area contributed by atoms with Crippen LogP contribution >= 0.6 is 0 Å². The van der Waals surface area contributed by atoms with Crippen molar-refractivity contribution < 1.29 is 4.79 Å². The molecule has 4 nitrogen and oxygen atoms in total. The fraction of sp³-hybridized carbons (Fsp3) is 0.286. The minimum atomic E-state index is 0.540. The van der Waals surface area contributed by atoms with Crippen LogP contribution in [-0.2, 0) is 11.3 Å². The van der Waals surface area contributed by atoms with Crippen molar-refractivity contribution in [3.8, 4) is 0 Å². The van der Waals surface area contributed by atoms with Gasteiger partial charge in [0.2, 0.25) is 6.41 Å². The molecule has 0 atom stereocenters. The molecule has 0 aliphatic carbocycles. The molecule has 0 aromatic carbocycles. The van der Waals surface area contributed by atoms with Gasteiger partial charge in [0.15, 0.2) is 0 Å². The summed E-state index contributed by atoms with van der Waals surface area (Å²) in [5.41, 5.74) is 0. The SMILES string of the molecule is NN(C=O)CCn1cccc1. The average Bonchev–Trinajstić information content (AvgIpc) is 2.52. The van der Waals surface area contributed by atoms with E-state index in [4.69, 9.17) is 5.84 Å². The molecule has 0 bridgehead atoms. The molecule has 0 fully saturated rings. The highest BCUT2D eigenvalue weighted by atomic mass is 16.1. The van der Waals surface area contributed by atoms with Gasteiger partial charge in [-0.3, -0.25) is 9.80 Å². The second kappa shape index (κ2) is 3.78. The molecular formula is C7H11N3O. The molecule has 2 N–H and O–H groups in total. The predicted octanol–water partition coefficient (Wildman–Crippen LogP) is -0.180. The van der Waals surface area contributed by atoms with Crippen LogP contribution in [0.1, 0.15) is 0 Å². The van der Waals surface area contributed by atoms with Gasteiger partial charge in [-0.2, -0.15) is 0 Å². The number of nitrogens with zero attached hydrogens (tertiary/aromatic N) is 2. The first kappa shape index (κ1) is 7.81. The molecule has 1 aromatic rings. The van der Waals surface area contributed by atoms with E-state index in [2.05, 4.69) is 0 Å². The maximum absolute atomic E-state index is 10.1. The Balaban J connectivity index is 2.28. The number of carbonyl (C=O) groups is 1. The Morgan fingerprint density at radius 2 is 2.09 bits per heavy atom. The lowest BCUT2D eigenvalue weighted by Gasteiger charge is -2.09. The molecule has 0 aliphatic heterocycles. The molecule has 4 heteroatoms. The first-order valence-electron chi connectivity index (χ1n) is 3.40. The van der Waals surface area contributed by atoms with E-state index in [-0.39, 0.29) is 0 Å². The standard InChI is InChI=1S/C7H11N3O/c8-10(7-11)6-5-9-3-1-2-4-9/h1-4,7H,5-6,8H2. The number of rotatable bonds is 4. The highest BCUT2D eigenvalue weighted by Crippen LogP contribution is 1.88. The molecule has 0 saturated carbocycles. The summed E-state index contributed by atoms with van der Waals surface area (Å²) in [4.78, 5) is 10.1. The van der Waals surface area contributed by atoms with Gasteiger partial charge in [0, 0.05) is 18.9 Å². The van der Waals surface area contributed by atoms with Crippen LogP contribution < -0.4 is 5.84 Å². The Morgan fingerprint density at radius 1 is 1.45 bits per heavy atom. The van der Waals surface area contributed by atoms with Crippen molar-refractivity contribution in [2.45, 2.75) is 6.54 Å². The zero-order valence-corrected chi connectivity index (χ0v) is 6.18. The van der Waals surface area contributed by atoms with Crippen molar-refractivity contribution >= 4 is 6.41 Å². The Hall–Kier alpha value is -1.29. The second-order valence-corrected chi connectivity index (χ2v) is 2.26. The number of hydrogen-bond donors (Lipinski definition) is 1. The lowest BCUT2D eigenvalue weighted by molar-refractivity contribution is -0.118. The number of carbonyl (C=O) groups excluding carboxylic acids is 1. The third-order valence-electron chi connectivity index (χ3n) is 1.42. The summed E-state index contributed by atoms with van der Waals surface area (Å²) in [6.07, 6.45) is 4.47. The van der Waals surface area contributed by atoms with Gasteiger partial charge < -0.3 is 4.57 Å².